The van der Waals surface area contributed by atoms with Gasteiger partial charge >= 0.3 is 0 Å². The van der Waals surface area contributed by atoms with Crippen LogP contribution in [0.2, 0.25) is 5.02 Å². The summed E-state index contributed by atoms with van der Waals surface area (Å²) in [5.41, 5.74) is 2.10. The molecule has 0 aliphatic heterocycles. The molecule has 0 saturated carbocycles. The fraction of sp³-hybridized carbons (Fsp3) is 0.364. The van der Waals surface area contributed by atoms with Crippen molar-refractivity contribution in [2.75, 3.05) is 0 Å². The second-order valence-electron chi connectivity index (χ2n) is 2.99. The number of fused-ring (bicyclic) bond motifs is 1. The summed E-state index contributed by atoms with van der Waals surface area (Å²) < 4.78 is 2.76. The summed E-state index contributed by atoms with van der Waals surface area (Å²) in [5.74, 6) is 0. The van der Waals surface area contributed by atoms with E-state index in [0.717, 1.165) is 26.1 Å². The van der Waals surface area contributed by atoms with Crippen molar-refractivity contribution in [3.05, 3.63) is 27.3 Å². The topological polar surface area (TPSA) is 17.8 Å². The number of aromatic nitrogens is 2. The van der Waals surface area contributed by atoms with Crippen LogP contribution in [-0.2, 0) is 7.05 Å². The van der Waals surface area contributed by atoms with Crippen molar-refractivity contribution in [2.24, 2.45) is 7.05 Å². The third-order valence-corrected chi connectivity index (χ3v) is 3.27. The van der Waals surface area contributed by atoms with E-state index in [1.807, 2.05) is 44.6 Å². The summed E-state index contributed by atoms with van der Waals surface area (Å²) in [7, 11) is 1.93. The van der Waals surface area contributed by atoms with Crippen molar-refractivity contribution >= 4 is 38.4 Å². The smallest absolute Gasteiger partial charge is 0.0694 e. The molecule has 2 rings (SSSR count). The van der Waals surface area contributed by atoms with Crippen LogP contribution < -0.4 is 0 Å². The molecule has 4 heteroatoms. The summed E-state index contributed by atoms with van der Waals surface area (Å²) in [5, 5.41) is 6.14. The first kappa shape index (κ1) is 12.5. The van der Waals surface area contributed by atoms with Gasteiger partial charge in [0, 0.05) is 16.9 Å². The zero-order valence-electron chi connectivity index (χ0n) is 9.31. The van der Waals surface area contributed by atoms with E-state index in [-0.39, 0.29) is 0 Å². The Labute approximate surface area is 103 Å². The highest BCUT2D eigenvalue weighted by Gasteiger charge is 2.07. The minimum Gasteiger partial charge on any atom is -0.268 e. The molecule has 1 aromatic heterocycles. The zero-order valence-corrected chi connectivity index (χ0v) is 11.6. The van der Waals surface area contributed by atoms with Gasteiger partial charge in [-0.05, 0) is 35.0 Å². The predicted molar refractivity (Wildman–Crippen MR) is 69.5 cm³/mol. The second kappa shape index (κ2) is 4.99. The quantitative estimate of drug-likeness (QED) is 0.706. The van der Waals surface area contributed by atoms with Gasteiger partial charge in [0.25, 0.3) is 0 Å². The highest BCUT2D eigenvalue weighted by Crippen LogP contribution is 2.29. The van der Waals surface area contributed by atoms with Gasteiger partial charge in [-0.25, -0.2) is 0 Å². The standard InChI is InChI=1S/C9H8BrClN2.C2H6/c1-5-6-3-8(11)7(10)4-9(6)13(2)12-5;1-2/h3-4H,1-2H3;1-2H3. The van der Waals surface area contributed by atoms with Gasteiger partial charge in [-0.1, -0.05) is 25.4 Å². The predicted octanol–water partition coefficient (Wildman–Crippen LogP) is 4.32. The molecule has 0 bridgehead atoms. The molecule has 1 heterocycles. The lowest BCUT2D eigenvalue weighted by molar-refractivity contribution is 0.783. The Morgan fingerprint density at radius 3 is 2.53 bits per heavy atom. The van der Waals surface area contributed by atoms with Crippen LogP contribution in [0.4, 0.5) is 0 Å². The molecule has 0 unspecified atom stereocenters. The number of hydrogen-bond acceptors (Lipinski definition) is 1. The molecule has 0 aliphatic rings. The minimum absolute atomic E-state index is 0.726. The zero-order chi connectivity index (χ0) is 11.6. The van der Waals surface area contributed by atoms with E-state index in [4.69, 9.17) is 11.6 Å². The van der Waals surface area contributed by atoms with E-state index >= 15 is 0 Å². The monoisotopic (exact) mass is 288 g/mol. The molecule has 82 valence electrons. The average Bonchev–Trinajstić information content (AvgIpc) is 2.48. The van der Waals surface area contributed by atoms with Gasteiger partial charge in [0.05, 0.1) is 16.2 Å². The number of halogens is 2. The maximum absolute atomic E-state index is 5.98. The first-order valence-corrected chi connectivity index (χ1v) is 6.05. The van der Waals surface area contributed by atoms with Gasteiger partial charge in [-0.15, -0.1) is 0 Å². The van der Waals surface area contributed by atoms with E-state index in [1.54, 1.807) is 0 Å². The molecule has 0 atom stereocenters. The van der Waals surface area contributed by atoms with Crippen molar-refractivity contribution in [2.45, 2.75) is 20.8 Å². The summed E-state index contributed by atoms with van der Waals surface area (Å²) in [6.07, 6.45) is 0. The lowest BCUT2D eigenvalue weighted by atomic mass is 10.2. The third-order valence-electron chi connectivity index (χ3n) is 2.08. The number of aryl methyl sites for hydroxylation is 2. The van der Waals surface area contributed by atoms with Gasteiger partial charge in [0.15, 0.2) is 0 Å². The van der Waals surface area contributed by atoms with E-state index < -0.39 is 0 Å². The maximum atomic E-state index is 5.98. The number of rotatable bonds is 0. The SMILES string of the molecule is CC.Cc1nn(C)c2cc(Br)c(Cl)cc12. The fourth-order valence-corrected chi connectivity index (χ4v) is 1.92. The molecule has 1 aromatic carbocycles. The molecule has 0 aliphatic carbocycles. The lowest BCUT2D eigenvalue weighted by Crippen LogP contribution is -1.89. The van der Waals surface area contributed by atoms with Gasteiger partial charge in [-0.3, -0.25) is 4.68 Å². The van der Waals surface area contributed by atoms with Crippen LogP contribution in [0.25, 0.3) is 10.9 Å². The highest BCUT2D eigenvalue weighted by molar-refractivity contribution is 9.10. The molecule has 0 radical (unpaired) electrons. The number of nitrogens with zero attached hydrogens (tertiary/aromatic N) is 2. The average molecular weight is 290 g/mol. The molecule has 0 saturated heterocycles. The highest BCUT2D eigenvalue weighted by atomic mass is 79.9. The van der Waals surface area contributed by atoms with Crippen molar-refractivity contribution in [3.63, 3.8) is 0 Å². The van der Waals surface area contributed by atoms with Crippen LogP contribution in [0.15, 0.2) is 16.6 Å². The second-order valence-corrected chi connectivity index (χ2v) is 4.25. The molecular weight excluding hydrogens is 275 g/mol. The van der Waals surface area contributed by atoms with Crippen molar-refractivity contribution in [1.82, 2.24) is 9.78 Å². The van der Waals surface area contributed by atoms with Crippen LogP contribution in [0, 0.1) is 6.92 Å². The van der Waals surface area contributed by atoms with Crippen LogP contribution in [0.1, 0.15) is 19.5 Å². The van der Waals surface area contributed by atoms with Crippen LogP contribution >= 0.6 is 27.5 Å². The Morgan fingerprint density at radius 2 is 1.93 bits per heavy atom. The van der Waals surface area contributed by atoms with E-state index in [0.29, 0.717) is 0 Å². The van der Waals surface area contributed by atoms with Crippen LogP contribution in [0.5, 0.6) is 0 Å². The van der Waals surface area contributed by atoms with Gasteiger partial charge in [-0.2, -0.15) is 5.10 Å². The fourth-order valence-electron chi connectivity index (χ4n) is 1.43. The molecule has 2 nitrogen and oxygen atoms in total. The summed E-state index contributed by atoms with van der Waals surface area (Å²) in [6.45, 7) is 5.98. The number of benzene rings is 1. The third kappa shape index (κ3) is 2.34. The Bertz CT molecular complexity index is 435. The Morgan fingerprint density at radius 1 is 1.33 bits per heavy atom. The Balaban J connectivity index is 0.000000531. The molecule has 0 N–H and O–H groups in total. The van der Waals surface area contributed by atoms with E-state index in [2.05, 4.69) is 21.0 Å². The molecular formula is C11H14BrClN2. The van der Waals surface area contributed by atoms with Gasteiger partial charge in [0.1, 0.15) is 0 Å². The first-order valence-electron chi connectivity index (χ1n) is 4.88. The molecule has 0 spiro atoms. The molecule has 15 heavy (non-hydrogen) atoms. The minimum atomic E-state index is 0.726. The lowest BCUT2D eigenvalue weighted by Gasteiger charge is -1.97. The van der Waals surface area contributed by atoms with Gasteiger partial charge < -0.3 is 0 Å². The molecule has 0 amide bonds. The van der Waals surface area contributed by atoms with Crippen molar-refractivity contribution < 1.29 is 0 Å². The van der Waals surface area contributed by atoms with Crippen molar-refractivity contribution in [3.8, 4) is 0 Å². The van der Waals surface area contributed by atoms with Gasteiger partial charge in [0.2, 0.25) is 0 Å². The normalized spacial score (nSPS) is 10.0. The first-order chi connectivity index (χ1) is 7.09. The van der Waals surface area contributed by atoms with E-state index in [9.17, 15) is 0 Å². The Hall–Kier alpha value is -0.540. The summed E-state index contributed by atoms with van der Waals surface area (Å²) >= 11 is 9.37. The van der Waals surface area contributed by atoms with Crippen LogP contribution in [-0.4, -0.2) is 9.78 Å². The molecule has 2 aromatic rings. The van der Waals surface area contributed by atoms with Crippen LogP contribution in [0.3, 0.4) is 0 Å². The van der Waals surface area contributed by atoms with Crippen molar-refractivity contribution in [1.29, 1.82) is 0 Å². The maximum Gasteiger partial charge on any atom is 0.0694 e. The molecule has 0 fully saturated rings. The van der Waals surface area contributed by atoms with E-state index in [1.165, 1.54) is 0 Å². The largest absolute Gasteiger partial charge is 0.268 e. The Kier molecular flexibility index (Phi) is 4.17. The summed E-state index contributed by atoms with van der Waals surface area (Å²) in [4.78, 5) is 0. The number of hydrogen-bond donors (Lipinski definition) is 0. The summed E-state index contributed by atoms with van der Waals surface area (Å²) in [6, 6.07) is 3.92.